The minimum atomic E-state index is -0.613. The van der Waals surface area contributed by atoms with Gasteiger partial charge in [-0.1, -0.05) is 41.0 Å². The Balaban J connectivity index is 2.14. The van der Waals surface area contributed by atoms with E-state index in [4.69, 9.17) is 14.2 Å². The number of carbonyl (C=O) groups excluding carboxylic acids is 2. The molecular formula is C34H42O6. The fourth-order valence-electron chi connectivity index (χ4n) is 4.89. The molecule has 0 radical (unpaired) electrons. The molecule has 0 aromatic heterocycles. The van der Waals surface area contributed by atoms with E-state index >= 15 is 0 Å². The Morgan fingerprint density at radius 3 is 2.30 bits per heavy atom. The summed E-state index contributed by atoms with van der Waals surface area (Å²) in [6, 6.07) is 1.45. The summed E-state index contributed by atoms with van der Waals surface area (Å²) >= 11 is 0. The highest BCUT2D eigenvalue weighted by molar-refractivity contribution is 6.37. The molecule has 0 spiro atoms. The molecule has 6 heteroatoms. The summed E-state index contributed by atoms with van der Waals surface area (Å²) in [4.78, 5) is 27.0. The lowest BCUT2D eigenvalue weighted by Gasteiger charge is -2.34. The van der Waals surface area contributed by atoms with E-state index in [0.717, 1.165) is 31.3 Å². The first kappa shape index (κ1) is 30.7. The Bertz CT molecular complexity index is 1360. The number of benzene rings is 1. The van der Waals surface area contributed by atoms with Crippen LogP contribution in [0.25, 0.3) is 11.6 Å². The lowest BCUT2D eigenvalue weighted by molar-refractivity contribution is -0.117. The van der Waals surface area contributed by atoms with Crippen molar-refractivity contribution < 1.29 is 28.9 Å². The maximum Gasteiger partial charge on any atom is 0.224 e. The number of phenolic OH excluding ortho intramolecular Hbond substituents is 1. The first-order valence-electron chi connectivity index (χ1n) is 13.7. The number of phenols is 1. The number of ketones is 2. The molecule has 1 aliphatic carbocycles. The van der Waals surface area contributed by atoms with E-state index < -0.39 is 11.4 Å². The minimum Gasteiger partial charge on any atom is -0.507 e. The van der Waals surface area contributed by atoms with Crippen LogP contribution in [0.4, 0.5) is 0 Å². The van der Waals surface area contributed by atoms with Crippen LogP contribution in [0.1, 0.15) is 84.8 Å². The van der Waals surface area contributed by atoms with Crippen molar-refractivity contribution in [3.8, 4) is 17.2 Å². The molecule has 2 aliphatic rings. The van der Waals surface area contributed by atoms with Crippen molar-refractivity contribution in [1.29, 1.82) is 0 Å². The van der Waals surface area contributed by atoms with Crippen LogP contribution in [0.3, 0.4) is 0 Å². The van der Waals surface area contributed by atoms with E-state index in [2.05, 4.69) is 39.8 Å². The molecule has 0 fully saturated rings. The summed E-state index contributed by atoms with van der Waals surface area (Å²) in [5.41, 5.74) is 4.17. The predicted octanol–water partition coefficient (Wildman–Crippen LogP) is 7.83. The molecular weight excluding hydrogens is 504 g/mol. The Morgan fingerprint density at radius 1 is 1.00 bits per heavy atom. The number of ether oxygens (including phenoxy) is 3. The van der Waals surface area contributed by atoms with Gasteiger partial charge in [0.25, 0.3) is 0 Å². The zero-order chi connectivity index (χ0) is 29.6. The van der Waals surface area contributed by atoms with Crippen LogP contribution in [0.5, 0.6) is 17.2 Å². The maximum atomic E-state index is 13.5. The van der Waals surface area contributed by atoms with Crippen LogP contribution in [0.2, 0.25) is 0 Å². The number of fused-ring (bicyclic) bond motifs is 1. The maximum absolute atomic E-state index is 13.5. The Hall–Kier alpha value is -3.80. The molecule has 3 rings (SSSR count). The van der Waals surface area contributed by atoms with Gasteiger partial charge in [0, 0.05) is 34.4 Å². The highest BCUT2D eigenvalue weighted by atomic mass is 16.5. The molecule has 1 heterocycles. The summed E-state index contributed by atoms with van der Waals surface area (Å²) in [6.45, 7) is 12.3. The van der Waals surface area contributed by atoms with E-state index in [0.29, 0.717) is 17.1 Å². The molecule has 1 atom stereocenters. The van der Waals surface area contributed by atoms with Gasteiger partial charge in [-0.05, 0) is 79.7 Å². The third kappa shape index (κ3) is 7.04. The van der Waals surface area contributed by atoms with Crippen molar-refractivity contribution in [2.75, 3.05) is 14.2 Å². The van der Waals surface area contributed by atoms with Crippen LogP contribution < -0.4 is 9.47 Å². The van der Waals surface area contributed by atoms with Crippen LogP contribution in [-0.2, 0) is 14.3 Å². The van der Waals surface area contributed by atoms with Crippen molar-refractivity contribution >= 4 is 23.2 Å². The highest BCUT2D eigenvalue weighted by Gasteiger charge is 2.36. The Labute approximate surface area is 238 Å². The van der Waals surface area contributed by atoms with Crippen LogP contribution in [0, 0.1) is 0 Å². The van der Waals surface area contributed by atoms with Gasteiger partial charge in [-0.15, -0.1) is 0 Å². The topological polar surface area (TPSA) is 82.1 Å². The Morgan fingerprint density at radius 2 is 1.68 bits per heavy atom. The molecule has 1 aromatic carbocycles. The second-order valence-electron chi connectivity index (χ2n) is 11.1. The fraction of sp³-hybridized carbons (Fsp3) is 0.412. The number of carbonyl (C=O) groups is 2. The van der Waals surface area contributed by atoms with Gasteiger partial charge in [-0.25, -0.2) is 0 Å². The molecule has 1 unspecified atom stereocenters. The lowest BCUT2D eigenvalue weighted by Crippen LogP contribution is -2.32. The molecule has 1 N–H and O–H groups in total. The predicted molar refractivity (Wildman–Crippen MR) is 160 cm³/mol. The van der Waals surface area contributed by atoms with E-state index in [1.165, 1.54) is 37.5 Å². The number of allylic oxidation sites excluding steroid dienone is 9. The van der Waals surface area contributed by atoms with E-state index in [-0.39, 0.29) is 40.4 Å². The summed E-state index contributed by atoms with van der Waals surface area (Å²) in [7, 11) is 2.88. The fourth-order valence-corrected chi connectivity index (χ4v) is 4.89. The molecule has 0 bridgehead atoms. The van der Waals surface area contributed by atoms with Gasteiger partial charge < -0.3 is 19.3 Å². The van der Waals surface area contributed by atoms with Gasteiger partial charge in [0.1, 0.15) is 11.4 Å². The van der Waals surface area contributed by atoms with Crippen LogP contribution in [0.15, 0.2) is 64.5 Å². The second kappa shape index (κ2) is 13.0. The normalized spacial score (nSPS) is 18.6. The van der Waals surface area contributed by atoms with E-state index in [9.17, 15) is 14.7 Å². The van der Waals surface area contributed by atoms with Gasteiger partial charge in [-0.2, -0.15) is 0 Å². The number of hydrogen-bond donors (Lipinski definition) is 1. The highest BCUT2D eigenvalue weighted by Crippen LogP contribution is 2.49. The van der Waals surface area contributed by atoms with E-state index in [1.54, 1.807) is 0 Å². The summed E-state index contributed by atoms with van der Waals surface area (Å²) in [6.07, 6.45) is 14.8. The smallest absolute Gasteiger partial charge is 0.224 e. The Kier molecular flexibility index (Phi) is 10.0. The van der Waals surface area contributed by atoms with Gasteiger partial charge in [0.2, 0.25) is 5.78 Å². The van der Waals surface area contributed by atoms with Gasteiger partial charge in [0.15, 0.2) is 23.0 Å². The lowest BCUT2D eigenvalue weighted by atomic mass is 9.82. The zero-order valence-electron chi connectivity index (χ0n) is 25.1. The van der Waals surface area contributed by atoms with Gasteiger partial charge in [-0.3, -0.25) is 9.59 Å². The second-order valence-corrected chi connectivity index (χ2v) is 11.1. The van der Waals surface area contributed by atoms with Gasteiger partial charge >= 0.3 is 0 Å². The van der Waals surface area contributed by atoms with Crippen molar-refractivity contribution in [3.05, 3.63) is 75.6 Å². The molecule has 6 nitrogen and oxygen atoms in total. The molecule has 0 saturated heterocycles. The third-order valence-electron chi connectivity index (χ3n) is 7.14. The summed E-state index contributed by atoms with van der Waals surface area (Å²) in [5, 5.41) is 11.2. The third-order valence-corrected chi connectivity index (χ3v) is 7.14. The monoisotopic (exact) mass is 546 g/mol. The van der Waals surface area contributed by atoms with Crippen molar-refractivity contribution in [2.45, 2.75) is 79.2 Å². The molecule has 214 valence electrons. The van der Waals surface area contributed by atoms with Crippen LogP contribution in [-0.4, -0.2) is 36.5 Å². The first-order valence-corrected chi connectivity index (χ1v) is 13.7. The number of hydrogen-bond acceptors (Lipinski definition) is 6. The largest absolute Gasteiger partial charge is 0.507 e. The molecule has 1 aromatic rings. The van der Waals surface area contributed by atoms with Crippen LogP contribution >= 0.6 is 0 Å². The quantitative estimate of drug-likeness (QED) is 0.225. The molecule has 1 aliphatic heterocycles. The van der Waals surface area contributed by atoms with Crippen molar-refractivity contribution in [2.24, 2.45) is 0 Å². The average Bonchev–Trinajstić information content (AvgIpc) is 2.88. The zero-order valence-corrected chi connectivity index (χ0v) is 25.1. The SMILES string of the molecule is COC1=CC(=O)C(c2c(O)cc(OC)c3c2C=CC(C)(CCC=C(C)C)O3)=C(C/C=C(\C)CCC=C(C)C)C1=O. The van der Waals surface area contributed by atoms with Gasteiger partial charge in [0.05, 0.1) is 14.2 Å². The molecule has 40 heavy (non-hydrogen) atoms. The van der Waals surface area contributed by atoms with Crippen molar-refractivity contribution in [3.63, 3.8) is 0 Å². The minimum absolute atomic E-state index is 0.0140. The molecule has 0 amide bonds. The number of aromatic hydroxyl groups is 1. The molecule has 0 saturated carbocycles. The number of methoxy groups -OCH3 is 2. The average molecular weight is 547 g/mol. The first-order chi connectivity index (χ1) is 18.9. The summed E-state index contributed by atoms with van der Waals surface area (Å²) < 4.78 is 17.3. The number of Topliss-reactive ketones (excluding diaryl/α,β-unsaturated/α-hetero) is 1. The standard InChI is InChI=1S/C34H42O6/c1-21(2)11-9-13-23(5)14-15-24-30(26(35)19-28(38-7)32(24)37)31-25-16-18-34(6,17-10-12-22(3)4)40-33(25)29(39-8)20-27(31)36/h11-12,14,16,18-20,36H,9-10,13,15,17H2,1-8H3/b23-14+. The van der Waals surface area contributed by atoms with Crippen molar-refractivity contribution in [1.82, 2.24) is 0 Å². The number of rotatable bonds is 11. The van der Waals surface area contributed by atoms with E-state index in [1.807, 2.05) is 32.1 Å². The summed E-state index contributed by atoms with van der Waals surface area (Å²) in [5.74, 6) is -0.172.